The van der Waals surface area contributed by atoms with Crippen molar-refractivity contribution < 1.29 is 27.4 Å². The predicted octanol–water partition coefficient (Wildman–Crippen LogP) is 3.29. The molecule has 1 aromatic heterocycles. The van der Waals surface area contributed by atoms with Crippen LogP contribution in [0, 0.1) is 0 Å². The summed E-state index contributed by atoms with van der Waals surface area (Å²) in [6.07, 6.45) is -3.46. The Labute approximate surface area is 138 Å². The summed E-state index contributed by atoms with van der Waals surface area (Å²) in [4.78, 5) is 11.5. The highest BCUT2D eigenvalue weighted by atomic mass is 79.9. The average molecular weight is 393 g/mol. The SMILES string of the molecule is O=C(Cn1ccc(C(F)(F)F)n1)OCCOc1ccc(Br)cc1. The lowest BCUT2D eigenvalue weighted by Gasteiger charge is -2.07. The number of esters is 1. The first kappa shape index (κ1) is 17.3. The van der Waals surface area contributed by atoms with Gasteiger partial charge in [0, 0.05) is 10.7 Å². The number of aromatic nitrogens is 2. The van der Waals surface area contributed by atoms with Crippen LogP contribution < -0.4 is 4.74 Å². The van der Waals surface area contributed by atoms with E-state index in [1.54, 1.807) is 24.3 Å². The van der Waals surface area contributed by atoms with Crippen molar-refractivity contribution in [2.45, 2.75) is 12.7 Å². The number of carbonyl (C=O) groups is 1. The third kappa shape index (κ3) is 5.59. The summed E-state index contributed by atoms with van der Waals surface area (Å²) < 4.78 is 49.1. The van der Waals surface area contributed by atoms with Gasteiger partial charge < -0.3 is 9.47 Å². The first-order chi connectivity index (χ1) is 10.8. The first-order valence-corrected chi connectivity index (χ1v) is 7.28. The molecule has 0 radical (unpaired) electrons. The minimum Gasteiger partial charge on any atom is -0.490 e. The minimum absolute atomic E-state index is 0.0116. The molecule has 0 spiro atoms. The number of hydrogen-bond donors (Lipinski definition) is 0. The van der Waals surface area contributed by atoms with Crippen molar-refractivity contribution in [2.24, 2.45) is 0 Å². The molecular formula is C14H12BrF3N2O3. The standard InChI is InChI=1S/C14H12BrF3N2O3/c15-10-1-3-11(4-2-10)22-7-8-23-13(21)9-20-6-5-12(19-20)14(16,17)18/h1-6H,7-9H2. The number of halogens is 4. The number of carbonyl (C=O) groups excluding carboxylic acids is 1. The molecule has 0 saturated carbocycles. The molecule has 1 aromatic carbocycles. The number of alkyl halides is 3. The molecular weight excluding hydrogens is 381 g/mol. The van der Waals surface area contributed by atoms with E-state index in [1.165, 1.54) is 0 Å². The Hall–Kier alpha value is -2.03. The van der Waals surface area contributed by atoms with Gasteiger partial charge >= 0.3 is 12.1 Å². The molecule has 0 N–H and O–H groups in total. The van der Waals surface area contributed by atoms with Crippen molar-refractivity contribution in [3.05, 3.63) is 46.7 Å². The fraction of sp³-hybridized carbons (Fsp3) is 0.286. The summed E-state index contributed by atoms with van der Waals surface area (Å²) in [6, 6.07) is 7.89. The zero-order valence-electron chi connectivity index (χ0n) is 11.7. The summed E-state index contributed by atoms with van der Waals surface area (Å²) in [6.45, 7) is -0.267. The smallest absolute Gasteiger partial charge is 0.435 e. The van der Waals surface area contributed by atoms with Gasteiger partial charge in [0.25, 0.3) is 0 Å². The predicted molar refractivity (Wildman–Crippen MR) is 77.8 cm³/mol. The van der Waals surface area contributed by atoms with Crippen molar-refractivity contribution >= 4 is 21.9 Å². The summed E-state index contributed by atoms with van der Waals surface area (Å²) in [7, 11) is 0. The normalized spacial score (nSPS) is 11.3. The zero-order valence-corrected chi connectivity index (χ0v) is 13.3. The monoisotopic (exact) mass is 392 g/mol. The highest BCUT2D eigenvalue weighted by Gasteiger charge is 2.33. The lowest BCUT2D eigenvalue weighted by molar-refractivity contribution is -0.146. The van der Waals surface area contributed by atoms with Crippen LogP contribution in [-0.4, -0.2) is 29.0 Å². The van der Waals surface area contributed by atoms with Crippen molar-refractivity contribution in [3.8, 4) is 5.75 Å². The Morgan fingerprint density at radius 2 is 1.87 bits per heavy atom. The van der Waals surface area contributed by atoms with E-state index >= 15 is 0 Å². The Kier molecular flexibility index (Phi) is 5.64. The lowest BCUT2D eigenvalue weighted by atomic mass is 10.3. The van der Waals surface area contributed by atoms with E-state index in [0.717, 1.165) is 21.4 Å². The summed E-state index contributed by atoms with van der Waals surface area (Å²) in [5.74, 6) is -0.0765. The molecule has 0 aliphatic heterocycles. The maximum Gasteiger partial charge on any atom is 0.435 e. The summed E-state index contributed by atoms with van der Waals surface area (Å²) in [5.41, 5.74) is -1.05. The van der Waals surface area contributed by atoms with Crippen molar-refractivity contribution in [1.82, 2.24) is 9.78 Å². The first-order valence-electron chi connectivity index (χ1n) is 6.49. The maximum atomic E-state index is 12.4. The van der Waals surface area contributed by atoms with Gasteiger partial charge in [-0.2, -0.15) is 18.3 Å². The van der Waals surface area contributed by atoms with Crippen LogP contribution in [-0.2, 0) is 22.3 Å². The van der Waals surface area contributed by atoms with Gasteiger partial charge in [-0.1, -0.05) is 15.9 Å². The zero-order chi connectivity index (χ0) is 16.9. The van der Waals surface area contributed by atoms with Crippen LogP contribution in [0.25, 0.3) is 0 Å². The fourth-order valence-electron chi connectivity index (χ4n) is 1.62. The van der Waals surface area contributed by atoms with E-state index in [0.29, 0.717) is 5.75 Å². The molecule has 1 heterocycles. The van der Waals surface area contributed by atoms with E-state index in [9.17, 15) is 18.0 Å². The Morgan fingerprint density at radius 3 is 2.48 bits per heavy atom. The van der Waals surface area contributed by atoms with Gasteiger partial charge in [-0.25, -0.2) is 0 Å². The van der Waals surface area contributed by atoms with Crippen LogP contribution in [0.15, 0.2) is 41.0 Å². The molecule has 0 fully saturated rings. The minimum atomic E-state index is -4.53. The highest BCUT2D eigenvalue weighted by Crippen LogP contribution is 2.27. The summed E-state index contributed by atoms with van der Waals surface area (Å²) >= 11 is 3.29. The van der Waals surface area contributed by atoms with Crippen LogP contribution in [0.3, 0.4) is 0 Å². The van der Waals surface area contributed by atoms with Crippen LogP contribution in [0.2, 0.25) is 0 Å². The van der Waals surface area contributed by atoms with E-state index in [1.807, 2.05) is 0 Å². The molecule has 0 aliphatic carbocycles. The molecule has 2 aromatic rings. The quantitative estimate of drug-likeness (QED) is 0.559. The van der Waals surface area contributed by atoms with Crippen molar-refractivity contribution in [3.63, 3.8) is 0 Å². The summed E-state index contributed by atoms with van der Waals surface area (Å²) in [5, 5.41) is 3.26. The number of ether oxygens (including phenoxy) is 2. The van der Waals surface area contributed by atoms with E-state index < -0.39 is 24.4 Å². The van der Waals surface area contributed by atoms with Crippen LogP contribution in [0.4, 0.5) is 13.2 Å². The number of hydrogen-bond acceptors (Lipinski definition) is 4. The third-order valence-electron chi connectivity index (χ3n) is 2.65. The molecule has 5 nitrogen and oxygen atoms in total. The molecule has 0 saturated heterocycles. The van der Waals surface area contributed by atoms with Crippen LogP contribution in [0.5, 0.6) is 5.75 Å². The van der Waals surface area contributed by atoms with Gasteiger partial charge in [0.05, 0.1) is 0 Å². The topological polar surface area (TPSA) is 53.4 Å². The molecule has 0 amide bonds. The highest BCUT2D eigenvalue weighted by molar-refractivity contribution is 9.10. The maximum absolute atomic E-state index is 12.4. The number of benzene rings is 1. The Bertz CT molecular complexity index is 656. The van der Waals surface area contributed by atoms with Crippen LogP contribution >= 0.6 is 15.9 Å². The lowest BCUT2D eigenvalue weighted by Crippen LogP contribution is -2.18. The Balaban J connectivity index is 1.71. The largest absolute Gasteiger partial charge is 0.490 e. The van der Waals surface area contributed by atoms with Crippen molar-refractivity contribution in [1.29, 1.82) is 0 Å². The van der Waals surface area contributed by atoms with Gasteiger partial charge in [-0.3, -0.25) is 9.48 Å². The van der Waals surface area contributed by atoms with Crippen molar-refractivity contribution in [2.75, 3.05) is 13.2 Å². The van der Waals surface area contributed by atoms with Gasteiger partial charge in [0.1, 0.15) is 25.5 Å². The van der Waals surface area contributed by atoms with E-state index in [2.05, 4.69) is 21.0 Å². The molecule has 0 bridgehead atoms. The van der Waals surface area contributed by atoms with E-state index in [4.69, 9.17) is 9.47 Å². The van der Waals surface area contributed by atoms with Gasteiger partial charge in [0.15, 0.2) is 5.69 Å². The Morgan fingerprint density at radius 1 is 1.17 bits per heavy atom. The van der Waals surface area contributed by atoms with Gasteiger partial charge in [-0.05, 0) is 30.3 Å². The van der Waals surface area contributed by atoms with Gasteiger partial charge in [-0.15, -0.1) is 0 Å². The average Bonchev–Trinajstić information content (AvgIpc) is 2.94. The molecule has 2 rings (SSSR count). The third-order valence-corrected chi connectivity index (χ3v) is 3.18. The molecule has 124 valence electrons. The molecule has 0 unspecified atom stereocenters. The van der Waals surface area contributed by atoms with Gasteiger partial charge in [0.2, 0.25) is 0 Å². The second-order valence-electron chi connectivity index (χ2n) is 4.42. The molecule has 0 aliphatic rings. The second kappa shape index (κ2) is 7.49. The number of rotatable bonds is 6. The number of nitrogens with zero attached hydrogens (tertiary/aromatic N) is 2. The molecule has 9 heteroatoms. The van der Waals surface area contributed by atoms with Crippen LogP contribution in [0.1, 0.15) is 5.69 Å². The molecule has 0 atom stereocenters. The molecule has 23 heavy (non-hydrogen) atoms. The van der Waals surface area contributed by atoms with E-state index in [-0.39, 0.29) is 13.2 Å². The second-order valence-corrected chi connectivity index (χ2v) is 5.33. The fourth-order valence-corrected chi connectivity index (χ4v) is 1.89.